The minimum absolute atomic E-state index is 0.0426. The van der Waals surface area contributed by atoms with E-state index in [4.69, 9.17) is 26.2 Å². The summed E-state index contributed by atoms with van der Waals surface area (Å²) in [6, 6.07) is 6.09. The van der Waals surface area contributed by atoms with Gasteiger partial charge in [0, 0.05) is 24.8 Å². The Labute approximate surface area is 148 Å². The first-order valence-corrected chi connectivity index (χ1v) is 8.03. The molecule has 1 amide bonds. The molecule has 1 aliphatic heterocycles. The van der Waals surface area contributed by atoms with Crippen molar-refractivity contribution in [1.29, 1.82) is 0 Å². The molecular weight excluding hydrogens is 346 g/mol. The van der Waals surface area contributed by atoms with Gasteiger partial charge in [0.2, 0.25) is 0 Å². The summed E-state index contributed by atoms with van der Waals surface area (Å²) < 4.78 is 0. The molecule has 26 heavy (non-hydrogen) atoms. The number of amides is 1. The Morgan fingerprint density at radius 3 is 2.23 bits per heavy atom. The van der Waals surface area contributed by atoms with Gasteiger partial charge in [-0.3, -0.25) is 9.78 Å². The average Bonchev–Trinajstić information content (AvgIpc) is 3.31. The monoisotopic (exact) mass is 367 g/mol. The van der Waals surface area contributed by atoms with Crippen LogP contribution in [0.1, 0.15) is 23.3 Å². The number of nitrogens with two attached hydrogens (primary N) is 1. The number of piperidine rings is 1. The zero-order chi connectivity index (χ0) is 19.4. The minimum Gasteiger partial charge on any atom is -0.479 e. The maximum Gasteiger partial charge on any atom is 0.335 e. The van der Waals surface area contributed by atoms with Crippen molar-refractivity contribution in [2.75, 3.05) is 6.54 Å². The number of aliphatic carboxylic acids is 2. The fourth-order valence-electron chi connectivity index (χ4n) is 2.98. The van der Waals surface area contributed by atoms with E-state index in [2.05, 4.69) is 4.98 Å². The summed E-state index contributed by atoms with van der Waals surface area (Å²) in [5.41, 5.74) is 6.24. The van der Waals surface area contributed by atoms with Gasteiger partial charge in [0.15, 0.2) is 12.2 Å². The van der Waals surface area contributed by atoms with Crippen LogP contribution >= 0.6 is 0 Å². The molecule has 2 fully saturated rings. The average molecular weight is 367 g/mol. The van der Waals surface area contributed by atoms with Crippen LogP contribution in [0.5, 0.6) is 0 Å². The molecule has 142 valence electrons. The lowest BCUT2D eigenvalue weighted by Crippen LogP contribution is -2.42. The van der Waals surface area contributed by atoms with Gasteiger partial charge in [0.05, 0.1) is 0 Å². The molecular formula is C16H21N3O7. The van der Waals surface area contributed by atoms with Gasteiger partial charge < -0.3 is 31.1 Å². The number of carboxylic acid groups (broad SMARTS) is 2. The largest absolute Gasteiger partial charge is 0.479 e. The first kappa shape index (κ1) is 19.8. The fraction of sp³-hybridized carbons (Fsp3) is 0.500. The second-order valence-corrected chi connectivity index (χ2v) is 6.18. The summed E-state index contributed by atoms with van der Waals surface area (Å²) in [5, 5.41) is 32.5. The summed E-state index contributed by atoms with van der Waals surface area (Å²) in [4.78, 5) is 37.9. The third kappa shape index (κ3) is 4.34. The van der Waals surface area contributed by atoms with Crippen LogP contribution in [0.2, 0.25) is 0 Å². The second kappa shape index (κ2) is 8.21. The van der Waals surface area contributed by atoms with Gasteiger partial charge in [-0.2, -0.15) is 0 Å². The van der Waals surface area contributed by atoms with Crippen molar-refractivity contribution in [2.24, 2.45) is 11.7 Å². The van der Waals surface area contributed by atoms with Gasteiger partial charge in [-0.05, 0) is 30.9 Å². The highest BCUT2D eigenvalue weighted by Crippen LogP contribution is 2.47. The summed E-state index contributed by atoms with van der Waals surface area (Å²) in [6.07, 6.45) is -0.657. The Morgan fingerprint density at radius 1 is 1.15 bits per heavy atom. The number of nitrogens with zero attached hydrogens (tertiary/aromatic N) is 2. The third-order valence-corrected chi connectivity index (χ3v) is 4.41. The Bertz CT molecular complexity index is 651. The maximum atomic E-state index is 12.3. The fourth-order valence-corrected chi connectivity index (χ4v) is 2.98. The number of carbonyl (C=O) groups excluding carboxylic acids is 1. The molecule has 1 saturated heterocycles. The molecule has 1 saturated carbocycles. The van der Waals surface area contributed by atoms with Gasteiger partial charge >= 0.3 is 11.9 Å². The first-order valence-electron chi connectivity index (χ1n) is 8.03. The summed E-state index contributed by atoms with van der Waals surface area (Å²) in [5.74, 6) is -2.80. The lowest BCUT2D eigenvalue weighted by atomic mass is 10.1. The van der Waals surface area contributed by atoms with E-state index in [1.165, 1.54) is 0 Å². The van der Waals surface area contributed by atoms with Crippen LogP contribution < -0.4 is 5.73 Å². The van der Waals surface area contributed by atoms with Crippen molar-refractivity contribution < 1.29 is 34.8 Å². The van der Waals surface area contributed by atoms with Crippen molar-refractivity contribution in [3.63, 3.8) is 0 Å². The number of rotatable bonds is 5. The highest BCUT2D eigenvalue weighted by molar-refractivity contribution is 5.93. The van der Waals surface area contributed by atoms with Crippen LogP contribution in [0, 0.1) is 5.92 Å². The van der Waals surface area contributed by atoms with E-state index in [0.717, 1.165) is 12.8 Å². The number of hydrogen-bond acceptors (Lipinski definition) is 7. The molecule has 3 rings (SSSR count). The molecule has 10 heteroatoms. The Kier molecular flexibility index (Phi) is 6.24. The van der Waals surface area contributed by atoms with Gasteiger partial charge in [-0.25, -0.2) is 9.59 Å². The number of aromatic nitrogens is 1. The topological polar surface area (TPSA) is 174 Å². The van der Waals surface area contributed by atoms with Gasteiger partial charge in [-0.15, -0.1) is 0 Å². The molecule has 0 spiro atoms. The van der Waals surface area contributed by atoms with E-state index in [0.29, 0.717) is 24.2 Å². The molecule has 1 aromatic rings. The van der Waals surface area contributed by atoms with Crippen molar-refractivity contribution in [2.45, 2.75) is 37.1 Å². The highest BCUT2D eigenvalue weighted by atomic mass is 16.4. The number of carboxylic acids is 2. The minimum atomic E-state index is -2.27. The maximum absolute atomic E-state index is 12.3. The van der Waals surface area contributed by atoms with Crippen LogP contribution in [0.25, 0.3) is 0 Å². The van der Waals surface area contributed by atoms with Gasteiger partial charge in [0.1, 0.15) is 5.69 Å². The molecule has 1 aromatic heterocycles. The number of likely N-dealkylation sites (tertiary alicyclic amines) is 1. The van der Waals surface area contributed by atoms with Gasteiger partial charge in [-0.1, -0.05) is 6.07 Å². The van der Waals surface area contributed by atoms with E-state index < -0.39 is 24.1 Å². The van der Waals surface area contributed by atoms with Crippen LogP contribution in [0.15, 0.2) is 24.4 Å². The molecule has 0 radical (unpaired) electrons. The quantitative estimate of drug-likeness (QED) is 0.415. The molecule has 6 N–H and O–H groups in total. The Balaban J connectivity index is 0.000000213. The van der Waals surface area contributed by atoms with Crippen molar-refractivity contribution in [3.05, 3.63) is 30.1 Å². The van der Waals surface area contributed by atoms with Crippen molar-refractivity contribution in [1.82, 2.24) is 9.88 Å². The van der Waals surface area contributed by atoms with E-state index in [9.17, 15) is 14.4 Å². The van der Waals surface area contributed by atoms with Gasteiger partial charge in [0.25, 0.3) is 5.91 Å². The van der Waals surface area contributed by atoms with Crippen molar-refractivity contribution >= 4 is 17.8 Å². The SMILES string of the molecule is NCC1CC2CC2N1C(=O)c1ccccn1.O=C(O)C(O)C(O)C(=O)O. The molecule has 5 unspecified atom stereocenters. The smallest absolute Gasteiger partial charge is 0.335 e. The normalized spacial score (nSPS) is 25.3. The summed E-state index contributed by atoms with van der Waals surface area (Å²) in [7, 11) is 0. The van der Waals surface area contributed by atoms with Crippen LogP contribution in [-0.2, 0) is 9.59 Å². The second-order valence-electron chi connectivity index (χ2n) is 6.18. The van der Waals surface area contributed by atoms with E-state index in [-0.39, 0.29) is 11.9 Å². The van der Waals surface area contributed by atoms with E-state index in [1.807, 2.05) is 17.0 Å². The summed E-state index contributed by atoms with van der Waals surface area (Å²) in [6.45, 7) is 0.561. The number of carbonyl (C=O) groups is 3. The number of fused-ring (bicyclic) bond motifs is 1. The van der Waals surface area contributed by atoms with Crippen LogP contribution in [0.4, 0.5) is 0 Å². The number of aliphatic hydroxyl groups excluding tert-OH is 2. The van der Waals surface area contributed by atoms with Crippen LogP contribution in [-0.4, -0.2) is 79.0 Å². The predicted molar refractivity (Wildman–Crippen MR) is 87.0 cm³/mol. The molecule has 2 aliphatic rings. The molecule has 2 heterocycles. The lowest BCUT2D eigenvalue weighted by molar-refractivity contribution is -0.165. The van der Waals surface area contributed by atoms with Crippen molar-refractivity contribution in [3.8, 4) is 0 Å². The number of aliphatic hydroxyl groups is 2. The molecule has 0 bridgehead atoms. The van der Waals surface area contributed by atoms with E-state index >= 15 is 0 Å². The number of pyridine rings is 1. The summed E-state index contributed by atoms with van der Waals surface area (Å²) >= 11 is 0. The predicted octanol–water partition coefficient (Wildman–Crippen LogP) is -1.48. The van der Waals surface area contributed by atoms with E-state index in [1.54, 1.807) is 12.3 Å². The Hall–Kier alpha value is -2.56. The zero-order valence-corrected chi connectivity index (χ0v) is 13.8. The molecule has 5 atom stereocenters. The number of hydrogen-bond donors (Lipinski definition) is 5. The zero-order valence-electron chi connectivity index (χ0n) is 13.8. The lowest BCUT2D eigenvalue weighted by Gasteiger charge is -2.26. The Morgan fingerprint density at radius 2 is 1.77 bits per heavy atom. The molecule has 10 nitrogen and oxygen atoms in total. The molecule has 0 aromatic carbocycles. The third-order valence-electron chi connectivity index (χ3n) is 4.41. The first-order chi connectivity index (χ1) is 12.3. The van der Waals surface area contributed by atoms with Crippen LogP contribution in [0.3, 0.4) is 0 Å². The standard InChI is InChI=1S/C12H15N3O.C4H6O6/c13-7-9-5-8-6-11(8)15(9)12(16)10-3-1-2-4-14-10;5-1(3(7)8)2(6)4(9)10/h1-4,8-9,11H,5-7,13H2;1-2,5-6H,(H,7,8)(H,9,10). The highest BCUT2D eigenvalue weighted by Gasteiger charge is 2.53. The molecule has 1 aliphatic carbocycles.